The van der Waals surface area contributed by atoms with Gasteiger partial charge in [-0.3, -0.25) is 0 Å². The minimum atomic E-state index is -1.37. The fourth-order valence-electron chi connectivity index (χ4n) is 3.25. The third-order valence-corrected chi connectivity index (χ3v) is 4.49. The molecule has 27 heavy (non-hydrogen) atoms. The van der Waals surface area contributed by atoms with Gasteiger partial charge in [-0.1, -0.05) is 36.4 Å². The minimum absolute atomic E-state index is 0.0118. The second-order valence-electron chi connectivity index (χ2n) is 6.09. The first kappa shape index (κ1) is 19.1. The third kappa shape index (κ3) is 3.36. The maximum atomic E-state index is 13.9. The molecule has 6 nitrogen and oxygen atoms in total. The maximum absolute atomic E-state index is 13.9. The summed E-state index contributed by atoms with van der Waals surface area (Å²) in [5, 5.41) is 28.3. The molecule has 0 fully saturated rings. The predicted molar refractivity (Wildman–Crippen MR) is 95.5 cm³/mol. The van der Waals surface area contributed by atoms with E-state index in [4.69, 9.17) is 14.6 Å². The molecule has 2 N–H and O–H groups in total. The second-order valence-corrected chi connectivity index (χ2v) is 6.09. The van der Waals surface area contributed by atoms with Gasteiger partial charge in [-0.25, -0.2) is 9.38 Å². The van der Waals surface area contributed by atoms with Gasteiger partial charge in [0, 0.05) is 18.2 Å². The van der Waals surface area contributed by atoms with Crippen molar-refractivity contribution >= 4 is 5.71 Å². The van der Waals surface area contributed by atoms with Crippen LogP contribution in [0.25, 0.3) is 0 Å². The van der Waals surface area contributed by atoms with Crippen LogP contribution < -0.4 is 0 Å². The normalized spacial score (nSPS) is 22.5. The molecule has 3 atom stereocenters. The molecule has 0 saturated heterocycles. The lowest BCUT2D eigenvalue weighted by molar-refractivity contribution is -0.0311. The molecule has 0 spiro atoms. The Labute approximate surface area is 156 Å². The van der Waals surface area contributed by atoms with Gasteiger partial charge in [0.1, 0.15) is 18.0 Å². The number of ether oxygens (including phenoxy) is 2. The predicted octanol–water partition coefficient (Wildman–Crippen LogP) is 2.06. The van der Waals surface area contributed by atoms with Crippen molar-refractivity contribution in [1.29, 1.82) is 5.26 Å². The largest absolute Gasteiger partial charge is 0.394 e. The van der Waals surface area contributed by atoms with E-state index in [1.807, 2.05) is 6.07 Å². The van der Waals surface area contributed by atoms with E-state index >= 15 is 0 Å². The molecule has 0 aromatic heterocycles. The molecular formula is C20H19FN2O4. The summed E-state index contributed by atoms with van der Waals surface area (Å²) in [6.07, 6.45) is -1.91. The summed E-state index contributed by atoms with van der Waals surface area (Å²) in [7, 11) is 1.44. The molecule has 0 bridgehead atoms. The van der Waals surface area contributed by atoms with Gasteiger partial charge in [-0.2, -0.15) is 5.26 Å². The zero-order valence-corrected chi connectivity index (χ0v) is 14.7. The van der Waals surface area contributed by atoms with Crippen LogP contribution in [0.4, 0.5) is 4.39 Å². The Balaban J connectivity index is 2.16. The smallest absolute Gasteiger partial charge is 0.175 e. The van der Waals surface area contributed by atoms with Crippen molar-refractivity contribution in [1.82, 2.24) is 0 Å². The quantitative estimate of drug-likeness (QED) is 0.812. The summed E-state index contributed by atoms with van der Waals surface area (Å²) in [5.74, 6) is -0.455. The number of nitriles is 1. The number of hydrogen-bond donors (Lipinski definition) is 2. The van der Waals surface area contributed by atoms with Crippen molar-refractivity contribution in [2.24, 2.45) is 4.99 Å². The molecule has 1 aliphatic rings. The molecule has 3 unspecified atom stereocenters. The Bertz CT molecular complexity index is 896. The number of aliphatic hydroxyl groups excluding tert-OH is 2. The van der Waals surface area contributed by atoms with E-state index < -0.39 is 30.4 Å². The zero-order chi connectivity index (χ0) is 19.4. The van der Waals surface area contributed by atoms with Crippen LogP contribution in [0.3, 0.4) is 0 Å². The first-order chi connectivity index (χ1) is 13.1. The van der Waals surface area contributed by atoms with Crippen LogP contribution in [0.5, 0.6) is 0 Å². The maximum Gasteiger partial charge on any atom is 0.175 e. The van der Waals surface area contributed by atoms with Crippen molar-refractivity contribution in [2.75, 3.05) is 20.3 Å². The average molecular weight is 370 g/mol. The summed E-state index contributed by atoms with van der Waals surface area (Å²) < 4.78 is 25.3. The molecule has 1 aliphatic heterocycles. The number of benzene rings is 2. The fourth-order valence-corrected chi connectivity index (χ4v) is 3.25. The highest BCUT2D eigenvalue weighted by Crippen LogP contribution is 2.43. The van der Waals surface area contributed by atoms with Gasteiger partial charge in [0.05, 0.1) is 13.2 Å². The molecule has 2 aromatic carbocycles. The molecule has 2 aromatic rings. The van der Waals surface area contributed by atoms with Crippen LogP contribution in [0.1, 0.15) is 22.9 Å². The lowest BCUT2D eigenvalue weighted by Gasteiger charge is -2.38. The Kier molecular flexibility index (Phi) is 5.63. The minimum Gasteiger partial charge on any atom is -0.394 e. The zero-order valence-electron chi connectivity index (χ0n) is 14.7. The van der Waals surface area contributed by atoms with Gasteiger partial charge in [0.25, 0.3) is 0 Å². The average Bonchev–Trinajstić information content (AvgIpc) is 2.71. The Morgan fingerprint density at radius 1 is 1.30 bits per heavy atom. The molecule has 0 saturated carbocycles. The van der Waals surface area contributed by atoms with Crippen LogP contribution in [0, 0.1) is 17.1 Å². The van der Waals surface area contributed by atoms with Crippen LogP contribution in [0.2, 0.25) is 0 Å². The highest BCUT2D eigenvalue weighted by Gasteiger charge is 2.46. The fraction of sp³-hybridized carbons (Fsp3) is 0.300. The van der Waals surface area contributed by atoms with Gasteiger partial charge in [-0.15, -0.1) is 0 Å². The SMILES string of the molecule is COC1(c2cccc(F)c2)C(C#N)=NC(OCC(O)CO)c2ccccc21. The number of methoxy groups -OCH3 is 1. The monoisotopic (exact) mass is 370 g/mol. The van der Waals surface area contributed by atoms with Crippen molar-refractivity contribution in [3.63, 3.8) is 0 Å². The highest BCUT2D eigenvalue weighted by molar-refractivity contribution is 6.09. The molecule has 0 amide bonds. The number of nitrogens with zero attached hydrogens (tertiary/aromatic N) is 2. The molecule has 7 heteroatoms. The summed E-state index contributed by atoms with van der Waals surface area (Å²) >= 11 is 0. The Morgan fingerprint density at radius 3 is 2.74 bits per heavy atom. The first-order valence-electron chi connectivity index (χ1n) is 8.36. The van der Waals surface area contributed by atoms with E-state index in [0.29, 0.717) is 16.7 Å². The lowest BCUT2D eigenvalue weighted by Crippen LogP contribution is -2.43. The van der Waals surface area contributed by atoms with E-state index in [2.05, 4.69) is 4.99 Å². The summed E-state index contributed by atoms with van der Waals surface area (Å²) in [5.41, 5.74) is 0.313. The van der Waals surface area contributed by atoms with E-state index in [1.165, 1.54) is 19.2 Å². The number of aliphatic imine (C=N–C) groups is 1. The van der Waals surface area contributed by atoms with E-state index in [1.54, 1.807) is 36.4 Å². The van der Waals surface area contributed by atoms with Crippen LogP contribution in [-0.4, -0.2) is 42.4 Å². The topological polar surface area (TPSA) is 95.1 Å². The number of halogens is 1. The van der Waals surface area contributed by atoms with E-state index in [0.717, 1.165) is 0 Å². The number of rotatable bonds is 6. The van der Waals surface area contributed by atoms with E-state index in [9.17, 15) is 14.8 Å². The van der Waals surface area contributed by atoms with Gasteiger partial charge in [0.2, 0.25) is 0 Å². The van der Waals surface area contributed by atoms with Crippen LogP contribution >= 0.6 is 0 Å². The van der Waals surface area contributed by atoms with Crippen LogP contribution in [0.15, 0.2) is 53.5 Å². The molecule has 0 radical (unpaired) electrons. The van der Waals surface area contributed by atoms with Crippen molar-refractivity contribution in [3.05, 3.63) is 71.0 Å². The molecular weight excluding hydrogens is 351 g/mol. The van der Waals surface area contributed by atoms with Crippen molar-refractivity contribution < 1.29 is 24.1 Å². The van der Waals surface area contributed by atoms with Gasteiger partial charge >= 0.3 is 0 Å². The number of fused-ring (bicyclic) bond motifs is 1. The lowest BCUT2D eigenvalue weighted by atomic mass is 9.77. The van der Waals surface area contributed by atoms with Crippen LogP contribution in [-0.2, 0) is 15.1 Å². The molecule has 0 aliphatic carbocycles. The Morgan fingerprint density at radius 2 is 2.07 bits per heavy atom. The number of aliphatic hydroxyl groups is 2. The van der Waals surface area contributed by atoms with Crippen molar-refractivity contribution in [2.45, 2.75) is 17.9 Å². The van der Waals surface area contributed by atoms with E-state index in [-0.39, 0.29) is 12.3 Å². The Hall–Kier alpha value is -2.63. The van der Waals surface area contributed by atoms with Gasteiger partial charge in [-0.05, 0) is 17.7 Å². The molecule has 140 valence electrons. The van der Waals surface area contributed by atoms with Crippen molar-refractivity contribution in [3.8, 4) is 6.07 Å². The van der Waals surface area contributed by atoms with Gasteiger partial charge < -0.3 is 19.7 Å². The second kappa shape index (κ2) is 7.94. The highest BCUT2D eigenvalue weighted by atomic mass is 19.1. The summed E-state index contributed by atoms with van der Waals surface area (Å²) in [6.45, 7) is -0.605. The first-order valence-corrected chi connectivity index (χ1v) is 8.36. The third-order valence-electron chi connectivity index (χ3n) is 4.49. The summed E-state index contributed by atoms with van der Waals surface area (Å²) in [4.78, 5) is 4.37. The summed E-state index contributed by atoms with van der Waals surface area (Å²) in [6, 6.07) is 15.0. The molecule has 1 heterocycles. The van der Waals surface area contributed by atoms with Gasteiger partial charge in [0.15, 0.2) is 17.5 Å². The molecule has 3 rings (SSSR count). The standard InChI is InChI=1S/C20H19FN2O4/c1-26-20(13-5-4-6-14(21)9-13)17-8-3-2-7-16(17)19(23-18(20)10-22)27-12-15(25)11-24/h2-9,15,19,24-25H,11-12H2,1H3. The number of hydrogen-bond acceptors (Lipinski definition) is 6.